The number of carbonyl (C=O) groups excluding carboxylic acids is 2. The molecule has 0 saturated carbocycles. The van der Waals surface area contributed by atoms with Crippen molar-refractivity contribution in [2.24, 2.45) is 5.73 Å². The second-order valence-electron chi connectivity index (χ2n) is 4.45. The van der Waals surface area contributed by atoms with Crippen LogP contribution >= 0.6 is 0 Å². The molecule has 23 heavy (non-hydrogen) atoms. The topological polar surface area (TPSA) is 216 Å². The zero-order valence-electron chi connectivity index (χ0n) is 11.8. The molecular weight excluding hydrogens is 318 g/mol. The van der Waals surface area contributed by atoms with Gasteiger partial charge in [-0.2, -0.15) is 0 Å². The van der Waals surface area contributed by atoms with E-state index in [1.165, 1.54) is 0 Å². The first-order valence-corrected chi connectivity index (χ1v) is 6.22. The number of hydrogen-bond acceptors (Lipinski definition) is 7. The first-order chi connectivity index (χ1) is 10.6. The number of amides is 2. The van der Waals surface area contributed by atoms with E-state index >= 15 is 0 Å². The van der Waals surface area contributed by atoms with Crippen molar-refractivity contribution in [1.29, 1.82) is 0 Å². The van der Waals surface area contributed by atoms with Crippen LogP contribution in [0.1, 0.15) is 12.8 Å². The average molecular weight is 335 g/mol. The molecule has 0 aliphatic carbocycles. The Labute approximate surface area is 129 Å². The molecule has 0 rings (SSSR count). The summed E-state index contributed by atoms with van der Waals surface area (Å²) in [5.74, 6) is -6.86. The Kier molecular flexibility index (Phi) is 8.21. The highest BCUT2D eigenvalue weighted by Gasteiger charge is 2.30. The Hall–Kier alpha value is -2.73. The van der Waals surface area contributed by atoms with Gasteiger partial charge in [-0.3, -0.25) is 19.2 Å². The van der Waals surface area contributed by atoms with E-state index in [1.807, 2.05) is 10.6 Å². The molecule has 0 saturated heterocycles. The van der Waals surface area contributed by atoms with Gasteiger partial charge in [0.15, 0.2) is 0 Å². The van der Waals surface area contributed by atoms with Gasteiger partial charge in [-0.05, 0) is 0 Å². The van der Waals surface area contributed by atoms with Gasteiger partial charge >= 0.3 is 17.9 Å². The van der Waals surface area contributed by atoms with Crippen molar-refractivity contribution in [1.82, 2.24) is 10.6 Å². The normalized spacial score (nSPS) is 14.2. The predicted molar refractivity (Wildman–Crippen MR) is 71.1 cm³/mol. The lowest BCUT2D eigenvalue weighted by atomic mass is 10.1. The number of carboxylic acids is 3. The fraction of sp³-hybridized carbons (Fsp3) is 0.545. The third-order valence-corrected chi connectivity index (χ3v) is 2.54. The van der Waals surface area contributed by atoms with Gasteiger partial charge in [-0.1, -0.05) is 0 Å². The molecule has 0 bridgehead atoms. The summed E-state index contributed by atoms with van der Waals surface area (Å²) in [7, 11) is 0. The molecule has 0 heterocycles. The van der Waals surface area contributed by atoms with Crippen molar-refractivity contribution >= 4 is 29.7 Å². The third-order valence-electron chi connectivity index (χ3n) is 2.54. The van der Waals surface area contributed by atoms with E-state index in [-0.39, 0.29) is 0 Å². The smallest absolute Gasteiger partial charge is 0.326 e. The molecule has 0 aromatic rings. The summed E-state index contributed by atoms with van der Waals surface area (Å²) < 4.78 is 0. The van der Waals surface area contributed by atoms with Gasteiger partial charge in [0.05, 0.1) is 19.4 Å². The second kappa shape index (κ2) is 9.32. The summed E-state index contributed by atoms with van der Waals surface area (Å²) in [5.41, 5.74) is 5.20. The molecule has 0 fully saturated rings. The van der Waals surface area contributed by atoms with E-state index in [2.05, 4.69) is 0 Å². The Morgan fingerprint density at radius 2 is 1.26 bits per heavy atom. The minimum Gasteiger partial charge on any atom is -0.481 e. The molecule has 0 aliphatic heterocycles. The Morgan fingerprint density at radius 1 is 0.826 bits per heavy atom. The minimum atomic E-state index is -1.81. The van der Waals surface area contributed by atoms with Crippen LogP contribution in [-0.2, 0) is 24.0 Å². The van der Waals surface area contributed by atoms with Crippen LogP contribution in [0.3, 0.4) is 0 Å². The van der Waals surface area contributed by atoms with Gasteiger partial charge in [-0.15, -0.1) is 0 Å². The standard InChI is InChI=1S/C11H17N3O9/c12-4(3-15)9(20)13-5(1-7(16)17)10(21)14-6(11(22)23)2-8(18)19/h4-6,15H,1-3,12H2,(H,13,20)(H,14,21)(H,16,17)(H,18,19)(H,22,23). The average Bonchev–Trinajstić information content (AvgIpc) is 2.43. The van der Waals surface area contributed by atoms with Crippen molar-refractivity contribution < 1.29 is 44.4 Å². The number of aliphatic hydroxyl groups is 1. The summed E-state index contributed by atoms with van der Waals surface area (Å²) in [6, 6.07) is -4.90. The molecule has 12 nitrogen and oxygen atoms in total. The summed E-state index contributed by atoms with van der Waals surface area (Å²) in [6.07, 6.45) is -1.83. The maximum atomic E-state index is 11.9. The second-order valence-corrected chi connectivity index (χ2v) is 4.45. The van der Waals surface area contributed by atoms with Crippen LogP contribution in [0, 0.1) is 0 Å². The molecule has 0 aromatic heterocycles. The van der Waals surface area contributed by atoms with Crippen molar-refractivity contribution in [3.63, 3.8) is 0 Å². The van der Waals surface area contributed by atoms with E-state index < -0.39 is 67.3 Å². The van der Waals surface area contributed by atoms with E-state index in [4.69, 9.17) is 26.2 Å². The van der Waals surface area contributed by atoms with Crippen LogP contribution in [0.5, 0.6) is 0 Å². The van der Waals surface area contributed by atoms with Crippen molar-refractivity contribution in [2.75, 3.05) is 6.61 Å². The Balaban J connectivity index is 5.04. The largest absolute Gasteiger partial charge is 0.481 e. The lowest BCUT2D eigenvalue weighted by Gasteiger charge is -2.20. The quantitative estimate of drug-likeness (QED) is 0.207. The maximum absolute atomic E-state index is 11.9. The number of rotatable bonds is 10. The van der Waals surface area contributed by atoms with Gasteiger partial charge in [0.25, 0.3) is 0 Å². The van der Waals surface area contributed by atoms with Crippen LogP contribution in [0.4, 0.5) is 0 Å². The highest BCUT2D eigenvalue weighted by molar-refractivity contribution is 5.94. The maximum Gasteiger partial charge on any atom is 0.326 e. The molecule has 3 unspecified atom stereocenters. The molecule has 0 aromatic carbocycles. The molecule has 130 valence electrons. The summed E-state index contributed by atoms with van der Waals surface area (Å²) in [5, 5.41) is 38.5. The van der Waals surface area contributed by atoms with Gasteiger partial charge in [0.2, 0.25) is 11.8 Å². The van der Waals surface area contributed by atoms with Gasteiger partial charge in [0.1, 0.15) is 18.1 Å². The lowest BCUT2D eigenvalue weighted by molar-refractivity contribution is -0.148. The monoisotopic (exact) mass is 335 g/mol. The zero-order valence-corrected chi connectivity index (χ0v) is 11.8. The van der Waals surface area contributed by atoms with Gasteiger partial charge in [0, 0.05) is 0 Å². The minimum absolute atomic E-state index is 0.760. The molecule has 2 amide bonds. The SMILES string of the molecule is NC(CO)C(=O)NC(CC(=O)O)C(=O)NC(CC(=O)O)C(=O)O. The number of nitrogens with one attached hydrogen (secondary N) is 2. The molecule has 12 heteroatoms. The predicted octanol–water partition coefficient (Wildman–Crippen LogP) is -3.69. The summed E-state index contributed by atoms with van der Waals surface area (Å²) in [4.78, 5) is 55.5. The molecule has 0 spiro atoms. The van der Waals surface area contributed by atoms with Crippen molar-refractivity contribution in [2.45, 2.75) is 31.0 Å². The molecular formula is C11H17N3O9. The van der Waals surface area contributed by atoms with E-state index in [1.54, 1.807) is 0 Å². The van der Waals surface area contributed by atoms with Crippen LogP contribution in [-0.4, -0.2) is 74.9 Å². The molecule has 0 aliphatic rings. The van der Waals surface area contributed by atoms with Crippen LogP contribution in [0.15, 0.2) is 0 Å². The van der Waals surface area contributed by atoms with Crippen LogP contribution in [0.25, 0.3) is 0 Å². The van der Waals surface area contributed by atoms with Gasteiger partial charge in [-0.25, -0.2) is 4.79 Å². The fourth-order valence-corrected chi connectivity index (χ4v) is 1.39. The number of nitrogens with two attached hydrogens (primary N) is 1. The number of aliphatic carboxylic acids is 3. The van der Waals surface area contributed by atoms with Crippen molar-refractivity contribution in [3.05, 3.63) is 0 Å². The third kappa shape index (κ3) is 7.73. The van der Waals surface area contributed by atoms with Crippen LogP contribution in [0.2, 0.25) is 0 Å². The first kappa shape index (κ1) is 20.3. The highest BCUT2D eigenvalue weighted by atomic mass is 16.4. The summed E-state index contributed by atoms with van der Waals surface area (Å²) in [6.45, 7) is -0.760. The van der Waals surface area contributed by atoms with E-state index in [0.717, 1.165) is 0 Å². The van der Waals surface area contributed by atoms with Crippen LogP contribution < -0.4 is 16.4 Å². The Bertz CT molecular complexity index is 493. The number of carboxylic acid groups (broad SMARTS) is 3. The number of carbonyl (C=O) groups is 5. The van der Waals surface area contributed by atoms with E-state index in [9.17, 15) is 24.0 Å². The van der Waals surface area contributed by atoms with Crippen molar-refractivity contribution in [3.8, 4) is 0 Å². The lowest BCUT2D eigenvalue weighted by Crippen LogP contribution is -2.55. The summed E-state index contributed by atoms with van der Waals surface area (Å²) >= 11 is 0. The fourth-order valence-electron chi connectivity index (χ4n) is 1.39. The first-order valence-electron chi connectivity index (χ1n) is 6.22. The molecule has 0 radical (unpaired) electrons. The number of aliphatic hydroxyl groups excluding tert-OH is 1. The van der Waals surface area contributed by atoms with E-state index in [0.29, 0.717) is 0 Å². The number of hydrogen-bond donors (Lipinski definition) is 7. The molecule has 3 atom stereocenters. The zero-order chi connectivity index (χ0) is 18.2. The Morgan fingerprint density at radius 3 is 1.65 bits per heavy atom. The van der Waals surface area contributed by atoms with Gasteiger partial charge < -0.3 is 36.8 Å². The molecule has 8 N–H and O–H groups in total. The highest BCUT2D eigenvalue weighted by Crippen LogP contribution is 1.99.